The van der Waals surface area contributed by atoms with E-state index in [4.69, 9.17) is 0 Å². The molecule has 0 saturated carbocycles. The minimum absolute atomic E-state index is 0.112. The second kappa shape index (κ2) is 5.11. The van der Waals surface area contributed by atoms with Crippen LogP contribution in [0.15, 0.2) is 24.3 Å². The number of carbonyl (C=O) groups excluding carboxylic acids is 1. The molecule has 0 aliphatic carbocycles. The van der Waals surface area contributed by atoms with Crippen LogP contribution in [0.3, 0.4) is 0 Å². The lowest BCUT2D eigenvalue weighted by Gasteiger charge is -2.30. The van der Waals surface area contributed by atoms with E-state index in [1.165, 1.54) is 11.1 Å². The average molecular weight is 246 g/mol. The summed E-state index contributed by atoms with van der Waals surface area (Å²) in [5.74, 6) is 0.112. The number of nitrogens with one attached hydrogen (secondary N) is 1. The summed E-state index contributed by atoms with van der Waals surface area (Å²) in [6, 6.07) is 8.54. The fourth-order valence-electron chi connectivity index (χ4n) is 2.14. The Bertz CT molecular complexity index is 434. The van der Waals surface area contributed by atoms with E-state index >= 15 is 0 Å². The third kappa shape index (κ3) is 3.10. The predicted octanol–water partition coefficient (Wildman–Crippen LogP) is 2.16. The van der Waals surface area contributed by atoms with Crippen molar-refractivity contribution >= 4 is 5.91 Å². The van der Waals surface area contributed by atoms with Crippen molar-refractivity contribution in [1.82, 2.24) is 10.2 Å². The molecule has 18 heavy (non-hydrogen) atoms. The Labute approximate surface area is 109 Å². The summed E-state index contributed by atoms with van der Waals surface area (Å²) in [6.07, 6.45) is 1.07. The predicted molar refractivity (Wildman–Crippen MR) is 73.0 cm³/mol. The summed E-state index contributed by atoms with van der Waals surface area (Å²) < 4.78 is 0. The zero-order chi connectivity index (χ0) is 13.2. The fraction of sp³-hybridized carbons (Fsp3) is 0.533. The number of hydrogen-bond donors (Lipinski definition) is 1. The van der Waals surface area contributed by atoms with Crippen molar-refractivity contribution in [2.45, 2.75) is 33.7 Å². The van der Waals surface area contributed by atoms with E-state index in [2.05, 4.69) is 34.5 Å². The number of benzene rings is 1. The van der Waals surface area contributed by atoms with Crippen molar-refractivity contribution in [3.8, 4) is 0 Å². The molecule has 1 aliphatic rings. The third-order valence-electron chi connectivity index (χ3n) is 3.35. The van der Waals surface area contributed by atoms with Crippen LogP contribution in [-0.4, -0.2) is 24.0 Å². The normalized spacial score (nSPS) is 16.2. The largest absolute Gasteiger partial charge is 0.343 e. The molecule has 1 aromatic carbocycles. The number of hydrogen-bond acceptors (Lipinski definition) is 2. The molecule has 98 valence electrons. The minimum Gasteiger partial charge on any atom is -0.343 e. The van der Waals surface area contributed by atoms with Gasteiger partial charge in [-0.15, -0.1) is 0 Å². The van der Waals surface area contributed by atoms with Crippen molar-refractivity contribution in [3.63, 3.8) is 0 Å². The zero-order valence-corrected chi connectivity index (χ0v) is 11.5. The molecular weight excluding hydrogens is 224 g/mol. The van der Waals surface area contributed by atoms with Gasteiger partial charge in [0, 0.05) is 18.5 Å². The molecule has 1 aromatic rings. The Morgan fingerprint density at radius 3 is 2.61 bits per heavy atom. The molecule has 0 atom stereocenters. The van der Waals surface area contributed by atoms with Crippen LogP contribution < -0.4 is 5.32 Å². The first-order valence-corrected chi connectivity index (χ1v) is 6.54. The molecule has 0 fully saturated rings. The second-order valence-electron chi connectivity index (χ2n) is 5.99. The van der Waals surface area contributed by atoms with Crippen LogP contribution in [0.1, 0.15) is 31.9 Å². The highest BCUT2D eigenvalue weighted by Gasteiger charge is 2.22. The lowest BCUT2D eigenvalue weighted by Crippen LogP contribution is -2.44. The Balaban J connectivity index is 1.89. The number of rotatable bonds is 2. The van der Waals surface area contributed by atoms with E-state index in [0.29, 0.717) is 6.67 Å². The van der Waals surface area contributed by atoms with Gasteiger partial charge in [-0.1, -0.05) is 45.0 Å². The summed E-state index contributed by atoms with van der Waals surface area (Å²) in [5, 5.41) is 3.01. The van der Waals surface area contributed by atoms with Crippen LogP contribution >= 0.6 is 0 Å². The highest BCUT2D eigenvalue weighted by atomic mass is 16.2. The quantitative estimate of drug-likeness (QED) is 0.867. The monoisotopic (exact) mass is 246 g/mol. The lowest BCUT2D eigenvalue weighted by atomic mass is 9.96. The Morgan fingerprint density at radius 1 is 1.28 bits per heavy atom. The van der Waals surface area contributed by atoms with Gasteiger partial charge in [0.25, 0.3) is 0 Å². The Kier molecular flexibility index (Phi) is 3.71. The minimum atomic E-state index is -0.312. The number of nitrogens with zero attached hydrogens (tertiary/aromatic N) is 1. The first-order chi connectivity index (χ1) is 8.47. The maximum atomic E-state index is 11.8. The van der Waals surface area contributed by atoms with Gasteiger partial charge in [-0.3, -0.25) is 9.69 Å². The summed E-state index contributed by atoms with van der Waals surface area (Å²) in [6.45, 7) is 8.40. The van der Waals surface area contributed by atoms with Crippen molar-refractivity contribution < 1.29 is 4.79 Å². The Morgan fingerprint density at radius 2 is 1.94 bits per heavy atom. The SMILES string of the molecule is CC(C)(C)C(=O)NCN1CCc2ccccc2C1. The molecule has 3 heteroatoms. The van der Waals surface area contributed by atoms with Gasteiger partial charge < -0.3 is 5.32 Å². The third-order valence-corrected chi connectivity index (χ3v) is 3.35. The van der Waals surface area contributed by atoms with Crippen LogP contribution in [0.2, 0.25) is 0 Å². The van der Waals surface area contributed by atoms with Crippen LogP contribution in [-0.2, 0) is 17.8 Å². The first kappa shape index (κ1) is 13.1. The summed E-state index contributed by atoms with van der Waals surface area (Å²) in [7, 11) is 0. The molecule has 1 heterocycles. The van der Waals surface area contributed by atoms with Gasteiger partial charge in [0.05, 0.1) is 6.67 Å². The smallest absolute Gasteiger partial charge is 0.226 e. The summed E-state index contributed by atoms with van der Waals surface area (Å²) in [5.41, 5.74) is 2.51. The average Bonchev–Trinajstić information content (AvgIpc) is 2.34. The van der Waals surface area contributed by atoms with Crippen LogP contribution in [0.4, 0.5) is 0 Å². The van der Waals surface area contributed by atoms with Gasteiger partial charge >= 0.3 is 0 Å². The first-order valence-electron chi connectivity index (χ1n) is 6.54. The number of fused-ring (bicyclic) bond motifs is 1. The van der Waals surface area contributed by atoms with Gasteiger partial charge in [0.1, 0.15) is 0 Å². The molecule has 3 nitrogen and oxygen atoms in total. The van der Waals surface area contributed by atoms with Gasteiger partial charge in [-0.25, -0.2) is 0 Å². The van der Waals surface area contributed by atoms with Crippen molar-refractivity contribution in [2.75, 3.05) is 13.2 Å². The second-order valence-corrected chi connectivity index (χ2v) is 5.99. The van der Waals surface area contributed by atoms with E-state index in [9.17, 15) is 4.79 Å². The van der Waals surface area contributed by atoms with E-state index in [1.54, 1.807) is 0 Å². The zero-order valence-electron chi connectivity index (χ0n) is 11.5. The highest BCUT2D eigenvalue weighted by Crippen LogP contribution is 2.18. The molecule has 0 unspecified atom stereocenters. The molecule has 1 aliphatic heterocycles. The summed E-state index contributed by atoms with van der Waals surface area (Å²) in [4.78, 5) is 14.1. The van der Waals surface area contributed by atoms with Gasteiger partial charge in [-0.05, 0) is 17.5 Å². The lowest BCUT2D eigenvalue weighted by molar-refractivity contribution is -0.129. The highest BCUT2D eigenvalue weighted by molar-refractivity contribution is 5.81. The standard InChI is InChI=1S/C15H22N2O/c1-15(2,3)14(18)16-11-17-9-8-12-6-4-5-7-13(12)10-17/h4-7H,8-11H2,1-3H3,(H,16,18). The van der Waals surface area contributed by atoms with E-state index in [0.717, 1.165) is 19.5 Å². The van der Waals surface area contributed by atoms with Crippen LogP contribution in [0, 0.1) is 5.41 Å². The fourth-order valence-corrected chi connectivity index (χ4v) is 2.14. The molecule has 0 saturated heterocycles. The van der Waals surface area contributed by atoms with Crippen molar-refractivity contribution in [2.24, 2.45) is 5.41 Å². The van der Waals surface area contributed by atoms with Gasteiger partial charge in [0.15, 0.2) is 0 Å². The van der Waals surface area contributed by atoms with Gasteiger partial charge in [0.2, 0.25) is 5.91 Å². The van der Waals surface area contributed by atoms with Gasteiger partial charge in [-0.2, -0.15) is 0 Å². The number of carbonyl (C=O) groups is 1. The number of amides is 1. The van der Waals surface area contributed by atoms with E-state index in [-0.39, 0.29) is 11.3 Å². The van der Waals surface area contributed by atoms with Crippen LogP contribution in [0.5, 0.6) is 0 Å². The molecule has 1 amide bonds. The maximum absolute atomic E-state index is 11.8. The molecule has 1 N–H and O–H groups in total. The topological polar surface area (TPSA) is 32.3 Å². The summed E-state index contributed by atoms with van der Waals surface area (Å²) >= 11 is 0. The maximum Gasteiger partial charge on any atom is 0.226 e. The molecule has 0 spiro atoms. The Hall–Kier alpha value is -1.35. The van der Waals surface area contributed by atoms with Crippen molar-refractivity contribution in [3.05, 3.63) is 35.4 Å². The molecule has 2 rings (SSSR count). The van der Waals surface area contributed by atoms with Crippen molar-refractivity contribution in [1.29, 1.82) is 0 Å². The molecular formula is C15H22N2O. The molecule has 0 bridgehead atoms. The van der Waals surface area contributed by atoms with E-state index < -0.39 is 0 Å². The van der Waals surface area contributed by atoms with Crippen LogP contribution in [0.25, 0.3) is 0 Å². The van der Waals surface area contributed by atoms with E-state index in [1.807, 2.05) is 20.8 Å². The molecule has 0 radical (unpaired) electrons. The molecule has 0 aromatic heterocycles.